The largest absolute Gasteiger partial charge is 0.310 e. The highest BCUT2D eigenvalue weighted by atomic mass is 32.1. The molecule has 4 heteroatoms. The van der Waals surface area contributed by atoms with Crippen molar-refractivity contribution in [3.05, 3.63) is 57.8 Å². The molecule has 0 saturated carbocycles. The molecule has 0 radical (unpaired) electrons. The molecule has 20 heavy (non-hydrogen) atoms. The molecule has 0 saturated heterocycles. The number of thiophene rings is 1. The Morgan fingerprint density at radius 1 is 1.20 bits per heavy atom. The van der Waals surface area contributed by atoms with E-state index in [1.165, 1.54) is 17.7 Å². The molecule has 0 bridgehead atoms. The fraction of sp³-hybridized carbons (Fsp3) is 0.375. The van der Waals surface area contributed by atoms with Gasteiger partial charge in [0.25, 0.3) is 0 Å². The van der Waals surface area contributed by atoms with Crippen LogP contribution in [0.1, 0.15) is 36.9 Å². The van der Waals surface area contributed by atoms with Crippen LogP contribution in [-0.2, 0) is 6.42 Å². The highest BCUT2D eigenvalue weighted by molar-refractivity contribution is 7.07. The average molecular weight is 295 g/mol. The van der Waals surface area contributed by atoms with Crippen molar-refractivity contribution in [3.63, 3.8) is 0 Å². The summed E-state index contributed by atoms with van der Waals surface area (Å²) in [6.45, 7) is 2.96. The highest BCUT2D eigenvalue weighted by Gasteiger charge is 2.13. The molecule has 1 atom stereocenters. The van der Waals surface area contributed by atoms with Crippen LogP contribution in [0.4, 0.5) is 8.78 Å². The summed E-state index contributed by atoms with van der Waals surface area (Å²) in [5.41, 5.74) is 2.11. The van der Waals surface area contributed by atoms with Gasteiger partial charge < -0.3 is 5.32 Å². The van der Waals surface area contributed by atoms with E-state index in [0.29, 0.717) is 0 Å². The lowest BCUT2D eigenvalue weighted by molar-refractivity contribution is 0.481. The minimum absolute atomic E-state index is 0.0601. The topological polar surface area (TPSA) is 12.0 Å². The third-order valence-corrected chi connectivity index (χ3v) is 4.02. The van der Waals surface area contributed by atoms with Crippen LogP contribution in [0.25, 0.3) is 0 Å². The first-order valence-corrected chi connectivity index (χ1v) is 7.84. The predicted molar refractivity (Wildman–Crippen MR) is 80.0 cm³/mol. The van der Waals surface area contributed by atoms with Crippen LogP contribution >= 0.6 is 11.3 Å². The van der Waals surface area contributed by atoms with E-state index in [2.05, 4.69) is 29.1 Å². The maximum Gasteiger partial charge on any atom is 0.159 e. The second kappa shape index (κ2) is 7.50. The van der Waals surface area contributed by atoms with Crippen molar-refractivity contribution in [1.29, 1.82) is 0 Å². The normalized spacial score (nSPS) is 12.6. The Bertz CT molecular complexity index is 525. The average Bonchev–Trinajstić information content (AvgIpc) is 2.95. The minimum Gasteiger partial charge on any atom is -0.310 e. The first-order chi connectivity index (χ1) is 9.70. The summed E-state index contributed by atoms with van der Waals surface area (Å²) in [4.78, 5) is 0. The lowest BCUT2D eigenvalue weighted by atomic mass is 9.99. The van der Waals surface area contributed by atoms with E-state index in [-0.39, 0.29) is 6.04 Å². The third-order valence-electron chi connectivity index (χ3n) is 3.29. The standard InChI is InChI=1S/C16H19F2NS/c1-2-8-19-16(6-3-12-7-9-20-11-12)13-4-5-14(17)15(18)10-13/h4-5,7,9-11,16,19H,2-3,6,8H2,1H3. The lowest BCUT2D eigenvalue weighted by Crippen LogP contribution is -2.23. The predicted octanol–water partition coefficient (Wildman–Crippen LogP) is 4.70. The molecular formula is C16H19F2NS. The number of hydrogen-bond donors (Lipinski definition) is 1. The first-order valence-electron chi connectivity index (χ1n) is 6.90. The molecule has 0 aliphatic carbocycles. The van der Waals surface area contributed by atoms with Crippen LogP contribution in [0, 0.1) is 11.6 Å². The summed E-state index contributed by atoms with van der Waals surface area (Å²) in [5, 5.41) is 7.59. The first kappa shape index (κ1) is 15.1. The zero-order chi connectivity index (χ0) is 14.4. The Hall–Kier alpha value is -1.26. The molecular weight excluding hydrogens is 276 g/mol. The van der Waals surface area contributed by atoms with Crippen molar-refractivity contribution in [3.8, 4) is 0 Å². The number of aryl methyl sites for hydroxylation is 1. The molecule has 1 heterocycles. The fourth-order valence-corrected chi connectivity index (χ4v) is 2.88. The molecule has 0 amide bonds. The van der Waals surface area contributed by atoms with Gasteiger partial charge in [0.2, 0.25) is 0 Å². The Labute approximate surface area is 122 Å². The van der Waals surface area contributed by atoms with Crippen molar-refractivity contribution in [2.24, 2.45) is 0 Å². The highest BCUT2D eigenvalue weighted by Crippen LogP contribution is 2.22. The lowest BCUT2D eigenvalue weighted by Gasteiger charge is -2.19. The van der Waals surface area contributed by atoms with Gasteiger partial charge in [0.1, 0.15) is 0 Å². The van der Waals surface area contributed by atoms with Gasteiger partial charge in [-0.15, -0.1) is 0 Å². The molecule has 1 nitrogen and oxygen atoms in total. The molecule has 0 aliphatic rings. The number of hydrogen-bond acceptors (Lipinski definition) is 2. The van der Waals surface area contributed by atoms with Gasteiger partial charge in [-0.3, -0.25) is 0 Å². The van der Waals surface area contributed by atoms with Crippen molar-refractivity contribution in [1.82, 2.24) is 5.32 Å². The van der Waals surface area contributed by atoms with Crippen LogP contribution < -0.4 is 5.32 Å². The van der Waals surface area contributed by atoms with Crippen molar-refractivity contribution in [2.45, 2.75) is 32.2 Å². The smallest absolute Gasteiger partial charge is 0.159 e. The zero-order valence-electron chi connectivity index (χ0n) is 11.5. The quantitative estimate of drug-likeness (QED) is 0.780. The van der Waals surface area contributed by atoms with E-state index < -0.39 is 11.6 Å². The van der Waals surface area contributed by atoms with E-state index >= 15 is 0 Å². The SMILES string of the molecule is CCCNC(CCc1ccsc1)c1ccc(F)c(F)c1. The second-order valence-corrected chi connectivity index (χ2v) is 5.63. The molecule has 0 fully saturated rings. The van der Waals surface area contributed by atoms with E-state index in [1.807, 2.05) is 0 Å². The Morgan fingerprint density at radius 2 is 2.05 bits per heavy atom. The Balaban J connectivity index is 2.07. The summed E-state index contributed by atoms with van der Waals surface area (Å²) in [6, 6.07) is 6.34. The van der Waals surface area contributed by atoms with Gasteiger partial charge >= 0.3 is 0 Å². The molecule has 108 valence electrons. The Kier molecular flexibility index (Phi) is 5.68. The molecule has 2 rings (SSSR count). The van der Waals surface area contributed by atoms with Crippen molar-refractivity contribution < 1.29 is 8.78 Å². The van der Waals surface area contributed by atoms with Crippen LogP contribution in [0.5, 0.6) is 0 Å². The third kappa shape index (κ3) is 4.12. The maximum atomic E-state index is 13.4. The second-order valence-electron chi connectivity index (χ2n) is 4.85. The van der Waals surface area contributed by atoms with Crippen molar-refractivity contribution in [2.75, 3.05) is 6.54 Å². The summed E-state index contributed by atoms with van der Waals surface area (Å²) < 4.78 is 26.4. The van der Waals surface area contributed by atoms with Gasteiger partial charge in [-0.05, 0) is 65.9 Å². The zero-order valence-corrected chi connectivity index (χ0v) is 12.4. The minimum atomic E-state index is -0.791. The van der Waals surface area contributed by atoms with Crippen LogP contribution in [0.2, 0.25) is 0 Å². The summed E-state index contributed by atoms with van der Waals surface area (Å²) in [7, 11) is 0. The number of rotatable bonds is 7. The number of halogens is 2. The number of nitrogens with one attached hydrogen (secondary N) is 1. The monoisotopic (exact) mass is 295 g/mol. The van der Waals surface area contributed by atoms with Gasteiger partial charge in [-0.2, -0.15) is 11.3 Å². The van der Waals surface area contributed by atoms with E-state index in [4.69, 9.17) is 0 Å². The maximum absolute atomic E-state index is 13.4. The summed E-state index contributed by atoms with van der Waals surface area (Å²) in [6.07, 6.45) is 2.82. The fourth-order valence-electron chi connectivity index (χ4n) is 2.18. The summed E-state index contributed by atoms with van der Waals surface area (Å²) in [5.74, 6) is -1.57. The van der Waals surface area contributed by atoms with Gasteiger partial charge in [0.15, 0.2) is 11.6 Å². The molecule has 2 aromatic rings. The van der Waals surface area contributed by atoms with Crippen LogP contribution in [-0.4, -0.2) is 6.54 Å². The van der Waals surface area contributed by atoms with Gasteiger partial charge in [-0.1, -0.05) is 13.0 Å². The molecule has 0 aliphatic heterocycles. The molecule has 0 spiro atoms. The van der Waals surface area contributed by atoms with E-state index in [0.717, 1.165) is 31.4 Å². The summed E-state index contributed by atoms with van der Waals surface area (Å²) >= 11 is 1.68. The Morgan fingerprint density at radius 3 is 2.70 bits per heavy atom. The van der Waals surface area contributed by atoms with Gasteiger partial charge in [0.05, 0.1) is 0 Å². The molecule has 1 aromatic carbocycles. The van der Waals surface area contributed by atoms with Gasteiger partial charge in [0, 0.05) is 6.04 Å². The van der Waals surface area contributed by atoms with Crippen LogP contribution in [0.15, 0.2) is 35.0 Å². The van der Waals surface area contributed by atoms with E-state index in [1.54, 1.807) is 17.4 Å². The van der Waals surface area contributed by atoms with Crippen molar-refractivity contribution >= 4 is 11.3 Å². The molecule has 1 aromatic heterocycles. The molecule has 1 unspecified atom stereocenters. The number of benzene rings is 1. The van der Waals surface area contributed by atoms with E-state index in [9.17, 15) is 8.78 Å². The molecule has 1 N–H and O–H groups in total. The van der Waals surface area contributed by atoms with Gasteiger partial charge in [-0.25, -0.2) is 8.78 Å². The van der Waals surface area contributed by atoms with Crippen LogP contribution in [0.3, 0.4) is 0 Å².